The summed E-state index contributed by atoms with van der Waals surface area (Å²) in [7, 11) is 0. The number of rotatable bonds is 3. The van der Waals surface area contributed by atoms with E-state index in [9.17, 15) is 0 Å². The van der Waals surface area contributed by atoms with Gasteiger partial charge in [0.25, 0.3) is 0 Å². The minimum absolute atomic E-state index is 0.181. The topological polar surface area (TPSA) is 47.7 Å². The summed E-state index contributed by atoms with van der Waals surface area (Å²) in [4.78, 5) is 2.37. The Balaban J connectivity index is 1.56. The van der Waals surface area contributed by atoms with Crippen molar-refractivity contribution in [3.8, 4) is 11.5 Å². The van der Waals surface area contributed by atoms with Crippen molar-refractivity contribution in [1.82, 2.24) is 0 Å². The highest BCUT2D eigenvalue weighted by atomic mass is 16.7. The van der Waals surface area contributed by atoms with Crippen LogP contribution in [0.3, 0.4) is 0 Å². The molecule has 0 saturated carbocycles. The quantitative estimate of drug-likeness (QED) is 0.941. The molecule has 2 aliphatic heterocycles. The van der Waals surface area contributed by atoms with Crippen molar-refractivity contribution in [2.45, 2.75) is 31.7 Å². The van der Waals surface area contributed by atoms with Gasteiger partial charge in [0.2, 0.25) is 6.79 Å². The second-order valence-electron chi connectivity index (χ2n) is 6.73. The van der Waals surface area contributed by atoms with Crippen molar-refractivity contribution in [2.75, 3.05) is 24.8 Å². The third-order valence-electron chi connectivity index (χ3n) is 5.06. The van der Waals surface area contributed by atoms with Crippen LogP contribution in [0.2, 0.25) is 0 Å². The summed E-state index contributed by atoms with van der Waals surface area (Å²) < 4.78 is 10.9. The fraction of sp³-hybridized carbons (Fsp3) is 0.400. The van der Waals surface area contributed by atoms with E-state index in [2.05, 4.69) is 48.2 Å². The van der Waals surface area contributed by atoms with Gasteiger partial charge in [0.05, 0.1) is 0 Å². The molecule has 0 spiro atoms. The van der Waals surface area contributed by atoms with Gasteiger partial charge in [-0.1, -0.05) is 31.2 Å². The van der Waals surface area contributed by atoms with Crippen molar-refractivity contribution >= 4 is 5.69 Å². The average molecular weight is 324 g/mol. The van der Waals surface area contributed by atoms with Crippen LogP contribution < -0.4 is 20.1 Å². The minimum Gasteiger partial charge on any atom is -0.454 e. The molecule has 2 aromatic carbocycles. The van der Waals surface area contributed by atoms with Crippen molar-refractivity contribution in [3.05, 3.63) is 53.6 Å². The zero-order valence-corrected chi connectivity index (χ0v) is 14.1. The fourth-order valence-corrected chi connectivity index (χ4v) is 3.70. The van der Waals surface area contributed by atoms with E-state index in [0.717, 1.165) is 43.1 Å². The van der Waals surface area contributed by atoms with E-state index in [1.807, 2.05) is 6.07 Å². The molecule has 2 unspecified atom stereocenters. The molecule has 4 rings (SSSR count). The maximum atomic E-state index is 6.36. The SMILES string of the molecule is CCc1ccc(C2CC(N)CN(c3ccc4c(c3)OCO4)C2)cc1. The van der Waals surface area contributed by atoms with Gasteiger partial charge in [-0.05, 0) is 36.1 Å². The van der Waals surface area contributed by atoms with Crippen molar-refractivity contribution < 1.29 is 9.47 Å². The molecule has 126 valence electrons. The molecule has 2 aromatic rings. The molecule has 24 heavy (non-hydrogen) atoms. The Hall–Kier alpha value is -2.20. The van der Waals surface area contributed by atoms with E-state index in [1.165, 1.54) is 11.1 Å². The molecule has 2 atom stereocenters. The standard InChI is InChI=1S/C20H24N2O2/c1-2-14-3-5-15(6-4-14)16-9-17(21)12-22(11-16)18-7-8-19-20(10-18)24-13-23-19/h3-8,10,16-17H,2,9,11-13,21H2,1H3. The number of benzene rings is 2. The maximum Gasteiger partial charge on any atom is 0.231 e. The Morgan fingerprint density at radius 2 is 1.83 bits per heavy atom. The Morgan fingerprint density at radius 3 is 2.62 bits per heavy atom. The Bertz CT molecular complexity index is 714. The lowest BCUT2D eigenvalue weighted by molar-refractivity contribution is 0.174. The minimum atomic E-state index is 0.181. The van der Waals surface area contributed by atoms with Crippen molar-refractivity contribution in [1.29, 1.82) is 0 Å². The zero-order valence-electron chi connectivity index (χ0n) is 14.1. The number of hydrogen-bond donors (Lipinski definition) is 1. The Kier molecular flexibility index (Phi) is 4.07. The molecule has 4 heteroatoms. The first kappa shape index (κ1) is 15.3. The maximum absolute atomic E-state index is 6.36. The summed E-state index contributed by atoms with van der Waals surface area (Å²) in [5.74, 6) is 2.12. The van der Waals surface area contributed by atoms with E-state index in [-0.39, 0.29) is 6.04 Å². The molecule has 1 saturated heterocycles. The zero-order chi connectivity index (χ0) is 16.5. The lowest BCUT2D eigenvalue weighted by Gasteiger charge is -2.38. The summed E-state index contributed by atoms with van der Waals surface area (Å²) in [6.07, 6.45) is 2.11. The van der Waals surface area contributed by atoms with Crippen LogP contribution >= 0.6 is 0 Å². The number of anilines is 1. The van der Waals surface area contributed by atoms with Gasteiger partial charge < -0.3 is 20.1 Å². The van der Waals surface area contributed by atoms with E-state index in [1.54, 1.807) is 0 Å². The smallest absolute Gasteiger partial charge is 0.231 e. The summed E-state index contributed by atoms with van der Waals surface area (Å²) in [5, 5.41) is 0. The molecule has 2 heterocycles. The number of nitrogens with two attached hydrogens (primary N) is 1. The number of nitrogens with zero attached hydrogens (tertiary/aromatic N) is 1. The van der Waals surface area contributed by atoms with Crippen molar-refractivity contribution in [2.24, 2.45) is 5.73 Å². The average Bonchev–Trinajstić information content (AvgIpc) is 3.09. The molecule has 2 N–H and O–H groups in total. The van der Waals surface area contributed by atoms with Gasteiger partial charge in [0, 0.05) is 36.8 Å². The van der Waals surface area contributed by atoms with E-state index in [0.29, 0.717) is 12.7 Å². The van der Waals surface area contributed by atoms with Crippen LogP contribution in [0.4, 0.5) is 5.69 Å². The number of ether oxygens (including phenoxy) is 2. The summed E-state index contributed by atoms with van der Waals surface area (Å²) >= 11 is 0. The summed E-state index contributed by atoms with van der Waals surface area (Å²) in [6.45, 7) is 4.36. The van der Waals surface area contributed by atoms with Crippen LogP contribution in [0.25, 0.3) is 0 Å². The summed E-state index contributed by atoms with van der Waals surface area (Å²) in [6, 6.07) is 15.3. The van der Waals surface area contributed by atoms with Gasteiger partial charge >= 0.3 is 0 Å². The highest BCUT2D eigenvalue weighted by Gasteiger charge is 2.27. The van der Waals surface area contributed by atoms with Crippen LogP contribution in [0.1, 0.15) is 30.4 Å². The lowest BCUT2D eigenvalue weighted by Crippen LogP contribution is -2.46. The lowest BCUT2D eigenvalue weighted by atomic mass is 9.87. The second kappa shape index (κ2) is 6.36. The molecule has 0 bridgehead atoms. The molecular formula is C20H24N2O2. The number of aryl methyl sites for hydroxylation is 1. The van der Waals surface area contributed by atoms with Crippen molar-refractivity contribution in [3.63, 3.8) is 0 Å². The number of hydrogen-bond acceptors (Lipinski definition) is 4. The third-order valence-corrected chi connectivity index (χ3v) is 5.06. The molecule has 1 fully saturated rings. The highest BCUT2D eigenvalue weighted by molar-refractivity contribution is 5.58. The van der Waals surface area contributed by atoms with Crippen LogP contribution in [0, 0.1) is 0 Å². The Labute approximate surface area is 143 Å². The second-order valence-corrected chi connectivity index (χ2v) is 6.73. The van der Waals surface area contributed by atoms with Crippen LogP contribution in [0.5, 0.6) is 11.5 Å². The van der Waals surface area contributed by atoms with Crippen LogP contribution in [0.15, 0.2) is 42.5 Å². The van der Waals surface area contributed by atoms with Gasteiger partial charge in [0.1, 0.15) is 0 Å². The molecular weight excluding hydrogens is 300 g/mol. The molecule has 4 nitrogen and oxygen atoms in total. The van der Waals surface area contributed by atoms with Gasteiger partial charge in [0.15, 0.2) is 11.5 Å². The first-order valence-corrected chi connectivity index (χ1v) is 8.72. The normalized spacial score (nSPS) is 22.7. The van der Waals surface area contributed by atoms with Crippen LogP contribution in [-0.2, 0) is 6.42 Å². The van der Waals surface area contributed by atoms with Crippen LogP contribution in [-0.4, -0.2) is 25.9 Å². The molecule has 0 amide bonds. The molecule has 0 aliphatic carbocycles. The largest absolute Gasteiger partial charge is 0.454 e. The predicted octanol–water partition coefficient (Wildman–Crippen LogP) is 3.30. The summed E-state index contributed by atoms with van der Waals surface area (Å²) in [5.41, 5.74) is 10.3. The van der Waals surface area contributed by atoms with E-state index >= 15 is 0 Å². The molecule has 0 aromatic heterocycles. The number of piperidine rings is 1. The first-order valence-electron chi connectivity index (χ1n) is 8.72. The van der Waals surface area contributed by atoms with Gasteiger partial charge in [-0.3, -0.25) is 0 Å². The van der Waals surface area contributed by atoms with Gasteiger partial charge in [-0.15, -0.1) is 0 Å². The fourth-order valence-electron chi connectivity index (χ4n) is 3.70. The van der Waals surface area contributed by atoms with Gasteiger partial charge in [-0.2, -0.15) is 0 Å². The molecule has 2 aliphatic rings. The van der Waals surface area contributed by atoms with E-state index in [4.69, 9.17) is 15.2 Å². The van der Waals surface area contributed by atoms with E-state index < -0.39 is 0 Å². The third kappa shape index (κ3) is 2.94. The monoisotopic (exact) mass is 324 g/mol. The first-order chi connectivity index (χ1) is 11.7. The Morgan fingerprint density at radius 1 is 1.04 bits per heavy atom. The predicted molar refractivity (Wildman–Crippen MR) is 95.9 cm³/mol. The number of fused-ring (bicyclic) bond motifs is 1. The van der Waals surface area contributed by atoms with Gasteiger partial charge in [-0.25, -0.2) is 0 Å². The highest BCUT2D eigenvalue weighted by Crippen LogP contribution is 2.37. The molecule has 0 radical (unpaired) electrons.